The normalized spacial score (nSPS) is 20.8. The van der Waals surface area contributed by atoms with E-state index in [1.165, 1.54) is 0 Å². The number of carbonyl (C=O) groups is 2. The molecule has 1 fully saturated rings. The fraction of sp³-hybridized carbons (Fsp3) is 0.667. The van der Waals surface area contributed by atoms with Gasteiger partial charge in [-0.2, -0.15) is 0 Å². The molecular weight excluding hydrogens is 220 g/mol. The Morgan fingerprint density at radius 3 is 2.88 bits per heavy atom. The number of hydrogen-bond donors (Lipinski definition) is 2. The number of nitrogens with one attached hydrogen (secondary N) is 1. The van der Waals surface area contributed by atoms with Gasteiger partial charge >= 0.3 is 0 Å². The van der Waals surface area contributed by atoms with Crippen molar-refractivity contribution < 1.29 is 14.3 Å². The van der Waals surface area contributed by atoms with Crippen LogP contribution in [0.4, 0.5) is 0 Å². The highest BCUT2D eigenvalue weighted by Gasteiger charge is 2.26. The number of hydrogen-bond acceptors (Lipinski definition) is 3. The van der Waals surface area contributed by atoms with Crippen LogP contribution in [0.3, 0.4) is 0 Å². The van der Waals surface area contributed by atoms with Crippen molar-refractivity contribution in [2.45, 2.75) is 44.2 Å². The minimum atomic E-state index is -0.605. The number of carbonyl (C=O) groups excluding carboxylic acids is 2. The number of amides is 2. The first-order valence-corrected chi connectivity index (χ1v) is 5.97. The van der Waals surface area contributed by atoms with Gasteiger partial charge in [-0.3, -0.25) is 9.59 Å². The number of primary amides is 1. The zero-order valence-electron chi connectivity index (χ0n) is 9.98. The molecule has 0 unspecified atom stereocenters. The molecule has 0 radical (unpaired) electrons. The molecule has 1 saturated heterocycles. The quantitative estimate of drug-likeness (QED) is 0.502. The summed E-state index contributed by atoms with van der Waals surface area (Å²) >= 11 is 0. The molecule has 5 heteroatoms. The highest BCUT2D eigenvalue weighted by Crippen LogP contribution is 2.12. The van der Waals surface area contributed by atoms with Crippen molar-refractivity contribution >= 4 is 11.8 Å². The fourth-order valence-corrected chi connectivity index (χ4v) is 1.80. The molecule has 1 rings (SSSR count). The molecule has 0 bridgehead atoms. The van der Waals surface area contributed by atoms with Crippen LogP contribution in [0.15, 0.2) is 12.7 Å². The summed E-state index contributed by atoms with van der Waals surface area (Å²) in [7, 11) is 0. The molecule has 0 spiro atoms. The molecule has 96 valence electrons. The Hall–Kier alpha value is -1.36. The minimum absolute atomic E-state index is 0.232. The molecule has 0 aliphatic carbocycles. The summed E-state index contributed by atoms with van der Waals surface area (Å²) in [6, 6.07) is -0.605. The standard InChI is InChI=1S/C12H20N2O3/c1-2-3-4-6-9(11(13)15)14-12(16)10-7-5-8-17-10/h2,9-10H,1,3-8H2,(H2,13,15)(H,14,16)/t9-,10-/m0/s1. The van der Waals surface area contributed by atoms with E-state index >= 15 is 0 Å². The van der Waals surface area contributed by atoms with Crippen molar-refractivity contribution in [3.63, 3.8) is 0 Å². The zero-order valence-corrected chi connectivity index (χ0v) is 9.98. The van der Waals surface area contributed by atoms with E-state index < -0.39 is 18.1 Å². The van der Waals surface area contributed by atoms with Gasteiger partial charge < -0.3 is 15.8 Å². The second-order valence-corrected chi connectivity index (χ2v) is 4.18. The second-order valence-electron chi connectivity index (χ2n) is 4.18. The van der Waals surface area contributed by atoms with Gasteiger partial charge in [-0.1, -0.05) is 6.08 Å². The van der Waals surface area contributed by atoms with E-state index in [1.54, 1.807) is 6.08 Å². The van der Waals surface area contributed by atoms with Crippen LogP contribution in [-0.4, -0.2) is 30.6 Å². The van der Waals surface area contributed by atoms with Crippen LogP contribution in [0.1, 0.15) is 32.1 Å². The van der Waals surface area contributed by atoms with E-state index in [1.807, 2.05) is 0 Å². The van der Waals surface area contributed by atoms with Crippen molar-refractivity contribution in [1.29, 1.82) is 0 Å². The average molecular weight is 240 g/mol. The molecule has 1 heterocycles. The first kappa shape index (κ1) is 13.7. The Kier molecular flexibility index (Phi) is 5.69. The Labute approximate surface area is 101 Å². The molecule has 5 nitrogen and oxygen atoms in total. The van der Waals surface area contributed by atoms with Crippen molar-refractivity contribution in [3.8, 4) is 0 Å². The van der Waals surface area contributed by atoms with Crippen LogP contribution < -0.4 is 11.1 Å². The smallest absolute Gasteiger partial charge is 0.249 e. The third kappa shape index (κ3) is 4.56. The Morgan fingerprint density at radius 2 is 2.35 bits per heavy atom. The Balaban J connectivity index is 2.39. The lowest BCUT2D eigenvalue weighted by atomic mass is 10.1. The van der Waals surface area contributed by atoms with Gasteiger partial charge in [-0.15, -0.1) is 6.58 Å². The van der Waals surface area contributed by atoms with Gasteiger partial charge in [0.2, 0.25) is 11.8 Å². The maximum Gasteiger partial charge on any atom is 0.249 e. The molecule has 1 aliphatic heterocycles. The third-order valence-electron chi connectivity index (χ3n) is 2.78. The van der Waals surface area contributed by atoms with Gasteiger partial charge in [-0.25, -0.2) is 0 Å². The summed E-state index contributed by atoms with van der Waals surface area (Å²) in [5, 5.41) is 2.64. The SMILES string of the molecule is C=CCCC[C@H](NC(=O)[C@@H]1CCCO1)C(N)=O. The molecule has 0 aromatic rings. The predicted molar refractivity (Wildman–Crippen MR) is 64.1 cm³/mol. The van der Waals surface area contributed by atoms with Gasteiger partial charge in [0.15, 0.2) is 0 Å². The lowest BCUT2D eigenvalue weighted by molar-refractivity contribution is -0.133. The number of ether oxygens (including phenoxy) is 1. The van der Waals surface area contributed by atoms with Crippen molar-refractivity contribution in [3.05, 3.63) is 12.7 Å². The van der Waals surface area contributed by atoms with Crippen LogP contribution in [0, 0.1) is 0 Å². The molecule has 17 heavy (non-hydrogen) atoms. The van der Waals surface area contributed by atoms with Gasteiger partial charge in [0.1, 0.15) is 12.1 Å². The molecule has 1 aliphatic rings. The van der Waals surface area contributed by atoms with E-state index in [2.05, 4.69) is 11.9 Å². The summed E-state index contributed by atoms with van der Waals surface area (Å²) in [5.41, 5.74) is 5.25. The Bertz CT molecular complexity index is 285. The highest BCUT2D eigenvalue weighted by molar-refractivity contribution is 5.88. The van der Waals surface area contributed by atoms with Crippen LogP contribution in [0.5, 0.6) is 0 Å². The molecule has 0 aromatic carbocycles. The topological polar surface area (TPSA) is 81.4 Å². The Morgan fingerprint density at radius 1 is 1.59 bits per heavy atom. The van der Waals surface area contributed by atoms with Gasteiger partial charge in [0.25, 0.3) is 0 Å². The van der Waals surface area contributed by atoms with Crippen molar-refractivity contribution in [2.24, 2.45) is 5.73 Å². The van der Waals surface area contributed by atoms with Crippen LogP contribution in [0.25, 0.3) is 0 Å². The van der Waals surface area contributed by atoms with Gasteiger partial charge in [0, 0.05) is 6.61 Å². The van der Waals surface area contributed by atoms with E-state index in [4.69, 9.17) is 10.5 Å². The molecule has 0 aromatic heterocycles. The summed E-state index contributed by atoms with van der Waals surface area (Å²) in [4.78, 5) is 22.9. The van der Waals surface area contributed by atoms with Gasteiger partial charge in [-0.05, 0) is 32.1 Å². The van der Waals surface area contributed by atoms with Crippen LogP contribution >= 0.6 is 0 Å². The zero-order chi connectivity index (χ0) is 12.7. The largest absolute Gasteiger partial charge is 0.368 e. The van der Waals surface area contributed by atoms with Gasteiger partial charge in [0.05, 0.1) is 0 Å². The lowest BCUT2D eigenvalue weighted by Gasteiger charge is -2.17. The first-order valence-electron chi connectivity index (χ1n) is 5.97. The maximum atomic E-state index is 11.7. The minimum Gasteiger partial charge on any atom is -0.368 e. The van der Waals surface area contributed by atoms with E-state index in [0.29, 0.717) is 19.4 Å². The molecule has 3 N–H and O–H groups in total. The van der Waals surface area contributed by atoms with E-state index in [0.717, 1.165) is 19.3 Å². The maximum absolute atomic E-state index is 11.7. The number of rotatable bonds is 7. The van der Waals surface area contributed by atoms with Crippen molar-refractivity contribution in [1.82, 2.24) is 5.32 Å². The predicted octanol–water partition coefficient (Wildman–Crippen LogP) is 0.492. The lowest BCUT2D eigenvalue weighted by Crippen LogP contribution is -2.47. The van der Waals surface area contributed by atoms with E-state index in [9.17, 15) is 9.59 Å². The average Bonchev–Trinajstić information content (AvgIpc) is 2.81. The number of unbranched alkanes of at least 4 members (excludes halogenated alkanes) is 1. The fourth-order valence-electron chi connectivity index (χ4n) is 1.80. The molecule has 0 saturated carbocycles. The van der Waals surface area contributed by atoms with Crippen LogP contribution in [0.2, 0.25) is 0 Å². The second kappa shape index (κ2) is 7.06. The highest BCUT2D eigenvalue weighted by atomic mass is 16.5. The summed E-state index contributed by atoms with van der Waals surface area (Å²) < 4.78 is 5.24. The monoisotopic (exact) mass is 240 g/mol. The summed E-state index contributed by atoms with van der Waals surface area (Å²) in [6.07, 6.45) is 5.08. The number of allylic oxidation sites excluding steroid dienone is 1. The van der Waals surface area contributed by atoms with Crippen LogP contribution in [-0.2, 0) is 14.3 Å². The number of nitrogens with two attached hydrogens (primary N) is 1. The van der Waals surface area contributed by atoms with E-state index in [-0.39, 0.29) is 5.91 Å². The molecular formula is C12H20N2O3. The molecule has 2 atom stereocenters. The first-order chi connectivity index (χ1) is 8.15. The van der Waals surface area contributed by atoms with Crippen molar-refractivity contribution in [2.75, 3.05) is 6.61 Å². The summed E-state index contributed by atoms with van der Waals surface area (Å²) in [5.74, 6) is -0.731. The third-order valence-corrected chi connectivity index (χ3v) is 2.78. The molecule has 2 amide bonds. The summed E-state index contributed by atoms with van der Waals surface area (Å²) in [6.45, 7) is 4.21.